The Hall–Kier alpha value is -3.32. The molecular weight excluding hydrogens is 462 g/mol. The number of benzene rings is 1. The fourth-order valence-corrected chi connectivity index (χ4v) is 3.11. The Morgan fingerprint density at radius 3 is 2.18 bits per heavy atom. The zero-order chi connectivity index (χ0) is 25.7. The summed E-state index contributed by atoms with van der Waals surface area (Å²) < 4.78 is 0. The highest BCUT2D eigenvalue weighted by molar-refractivity contribution is 7.80. The standard InChI is InChI=1S/C21H33N7O5S/c1-12(26-18(30)14(22)8-5-9-25-21(23)24)17(29)28-16(11-34)19(31)27-15(20(32)33)10-13-6-3-2-4-7-13/h2-4,6-7,12,14-16,34H,5,8-11,22H2,1H3,(H,26,30)(H,27,31)(H,28,29)(H,32,33)(H4,23,24,25). The highest BCUT2D eigenvalue weighted by Gasteiger charge is 2.28. The molecule has 0 heterocycles. The number of rotatable bonds is 14. The number of hydrogen-bond donors (Lipinski definition) is 8. The molecule has 0 bridgehead atoms. The molecule has 1 aromatic carbocycles. The molecule has 0 aromatic heterocycles. The van der Waals surface area contributed by atoms with Crippen LogP contribution in [0.1, 0.15) is 25.3 Å². The summed E-state index contributed by atoms with van der Waals surface area (Å²) in [5.74, 6) is -3.25. The summed E-state index contributed by atoms with van der Waals surface area (Å²) >= 11 is 4.08. The molecule has 0 aliphatic carbocycles. The number of hydrogen-bond acceptors (Lipinski definition) is 7. The van der Waals surface area contributed by atoms with E-state index in [-0.39, 0.29) is 18.1 Å². The van der Waals surface area contributed by atoms with Crippen LogP contribution in [0.4, 0.5) is 0 Å². The molecule has 10 N–H and O–H groups in total. The van der Waals surface area contributed by atoms with Gasteiger partial charge in [-0.1, -0.05) is 30.3 Å². The maximum absolute atomic E-state index is 12.6. The fourth-order valence-electron chi connectivity index (χ4n) is 2.85. The Morgan fingerprint density at radius 1 is 1.00 bits per heavy atom. The molecule has 1 rings (SSSR count). The van der Waals surface area contributed by atoms with Gasteiger partial charge in [0.05, 0.1) is 6.04 Å². The third-order valence-corrected chi connectivity index (χ3v) is 5.13. The SMILES string of the molecule is CC(NC(=O)C(N)CCCN=C(N)N)C(=O)NC(CS)C(=O)NC(Cc1ccccc1)C(=O)O. The van der Waals surface area contributed by atoms with Gasteiger partial charge < -0.3 is 38.3 Å². The normalized spacial score (nSPS) is 14.1. The van der Waals surface area contributed by atoms with Crippen LogP contribution in [0.3, 0.4) is 0 Å². The summed E-state index contributed by atoms with van der Waals surface area (Å²) in [5, 5.41) is 16.8. The number of guanidine groups is 1. The lowest BCUT2D eigenvalue weighted by Crippen LogP contribution is -2.57. The van der Waals surface area contributed by atoms with Crippen LogP contribution in [0, 0.1) is 0 Å². The predicted molar refractivity (Wildman–Crippen MR) is 131 cm³/mol. The smallest absolute Gasteiger partial charge is 0.326 e. The van der Waals surface area contributed by atoms with Crippen LogP contribution in [0.25, 0.3) is 0 Å². The minimum atomic E-state index is -1.21. The number of aliphatic imine (C=N–C) groups is 1. The summed E-state index contributed by atoms with van der Waals surface area (Å²) in [4.78, 5) is 52.7. The number of carboxylic acids is 1. The van der Waals surface area contributed by atoms with Gasteiger partial charge in [0.25, 0.3) is 0 Å². The summed E-state index contributed by atoms with van der Waals surface area (Å²) in [5.41, 5.74) is 17.0. The number of nitrogens with two attached hydrogens (primary N) is 3. The van der Waals surface area contributed by atoms with E-state index in [0.29, 0.717) is 19.4 Å². The van der Waals surface area contributed by atoms with Gasteiger partial charge in [-0.05, 0) is 25.3 Å². The van der Waals surface area contributed by atoms with Crippen molar-refractivity contribution in [1.29, 1.82) is 0 Å². The molecule has 0 saturated heterocycles. The summed E-state index contributed by atoms with van der Waals surface area (Å²) in [7, 11) is 0. The number of amides is 3. The Kier molecular flexibility index (Phi) is 12.5. The molecule has 0 spiro atoms. The van der Waals surface area contributed by atoms with Crippen LogP contribution in [-0.2, 0) is 25.6 Å². The lowest BCUT2D eigenvalue weighted by Gasteiger charge is -2.23. The zero-order valence-electron chi connectivity index (χ0n) is 18.9. The molecule has 0 aliphatic rings. The van der Waals surface area contributed by atoms with Crippen LogP contribution in [0.5, 0.6) is 0 Å². The Balaban J connectivity index is 2.60. The molecule has 188 valence electrons. The third kappa shape index (κ3) is 10.5. The molecular formula is C21H33N7O5S. The second-order valence-corrected chi connectivity index (χ2v) is 7.98. The highest BCUT2D eigenvalue weighted by atomic mass is 32.1. The number of carboxylic acid groups (broad SMARTS) is 1. The van der Waals surface area contributed by atoms with E-state index < -0.39 is 47.9 Å². The van der Waals surface area contributed by atoms with Crippen molar-refractivity contribution in [2.24, 2.45) is 22.2 Å². The zero-order valence-corrected chi connectivity index (χ0v) is 19.8. The lowest BCUT2D eigenvalue weighted by molar-refractivity contribution is -0.142. The number of carbonyl (C=O) groups excluding carboxylic acids is 3. The second-order valence-electron chi connectivity index (χ2n) is 7.62. The molecule has 13 heteroatoms. The molecule has 4 atom stereocenters. The first-order valence-corrected chi connectivity index (χ1v) is 11.3. The van der Waals surface area contributed by atoms with Gasteiger partial charge in [-0.15, -0.1) is 0 Å². The van der Waals surface area contributed by atoms with E-state index in [2.05, 4.69) is 33.6 Å². The summed E-state index contributed by atoms with van der Waals surface area (Å²) in [6.07, 6.45) is 0.849. The van der Waals surface area contributed by atoms with E-state index in [1.165, 1.54) is 6.92 Å². The van der Waals surface area contributed by atoms with Crippen molar-refractivity contribution in [3.8, 4) is 0 Å². The minimum Gasteiger partial charge on any atom is -0.480 e. The van der Waals surface area contributed by atoms with Crippen molar-refractivity contribution in [3.63, 3.8) is 0 Å². The maximum Gasteiger partial charge on any atom is 0.326 e. The van der Waals surface area contributed by atoms with Crippen molar-refractivity contribution in [2.75, 3.05) is 12.3 Å². The average Bonchev–Trinajstić information content (AvgIpc) is 2.79. The number of nitrogens with one attached hydrogen (secondary N) is 3. The van der Waals surface area contributed by atoms with Crippen LogP contribution >= 0.6 is 12.6 Å². The van der Waals surface area contributed by atoms with E-state index in [1.54, 1.807) is 30.3 Å². The van der Waals surface area contributed by atoms with Crippen molar-refractivity contribution in [3.05, 3.63) is 35.9 Å². The quantitative estimate of drug-likeness (QED) is 0.0629. The number of thiol groups is 1. The minimum absolute atomic E-state index is 0.0548. The monoisotopic (exact) mass is 495 g/mol. The van der Waals surface area contributed by atoms with Gasteiger partial charge in [-0.2, -0.15) is 12.6 Å². The van der Waals surface area contributed by atoms with Crippen molar-refractivity contribution in [2.45, 2.75) is 50.4 Å². The van der Waals surface area contributed by atoms with Gasteiger partial charge in [0.1, 0.15) is 18.1 Å². The van der Waals surface area contributed by atoms with Gasteiger partial charge in [-0.25, -0.2) is 4.79 Å². The van der Waals surface area contributed by atoms with E-state index in [4.69, 9.17) is 17.2 Å². The van der Waals surface area contributed by atoms with Crippen molar-refractivity contribution in [1.82, 2.24) is 16.0 Å². The van der Waals surface area contributed by atoms with Gasteiger partial charge in [0.15, 0.2) is 5.96 Å². The number of aliphatic carboxylic acids is 1. The largest absolute Gasteiger partial charge is 0.480 e. The molecule has 1 aromatic rings. The fraction of sp³-hybridized carbons (Fsp3) is 0.476. The topological polar surface area (TPSA) is 215 Å². The Morgan fingerprint density at radius 2 is 1.62 bits per heavy atom. The van der Waals surface area contributed by atoms with Crippen LogP contribution in [-0.4, -0.2) is 71.2 Å². The second kappa shape index (κ2) is 14.8. The molecule has 3 amide bonds. The van der Waals surface area contributed by atoms with Gasteiger partial charge in [0.2, 0.25) is 17.7 Å². The third-order valence-electron chi connectivity index (χ3n) is 4.77. The van der Waals surface area contributed by atoms with Gasteiger partial charge in [0, 0.05) is 18.7 Å². The molecule has 12 nitrogen and oxygen atoms in total. The Bertz CT molecular complexity index is 864. The molecule has 0 fully saturated rings. The first-order valence-electron chi connectivity index (χ1n) is 10.6. The van der Waals surface area contributed by atoms with Crippen LogP contribution in [0.2, 0.25) is 0 Å². The summed E-state index contributed by atoms with van der Waals surface area (Å²) in [6.45, 7) is 1.75. The van der Waals surface area contributed by atoms with Crippen LogP contribution < -0.4 is 33.2 Å². The number of nitrogens with zero attached hydrogens (tertiary/aromatic N) is 1. The van der Waals surface area contributed by atoms with Crippen molar-refractivity contribution < 1.29 is 24.3 Å². The highest BCUT2D eigenvalue weighted by Crippen LogP contribution is 2.04. The summed E-state index contributed by atoms with van der Waals surface area (Å²) in [6, 6.07) is 4.64. The van der Waals surface area contributed by atoms with E-state index >= 15 is 0 Å². The average molecular weight is 496 g/mol. The van der Waals surface area contributed by atoms with E-state index in [9.17, 15) is 24.3 Å². The lowest BCUT2D eigenvalue weighted by atomic mass is 10.1. The first kappa shape index (κ1) is 28.7. The first-order chi connectivity index (χ1) is 16.0. The number of carbonyl (C=O) groups is 4. The van der Waals surface area contributed by atoms with E-state index in [1.807, 2.05) is 0 Å². The van der Waals surface area contributed by atoms with Gasteiger partial charge in [-0.3, -0.25) is 19.4 Å². The molecule has 0 radical (unpaired) electrons. The van der Waals surface area contributed by atoms with E-state index in [0.717, 1.165) is 5.56 Å². The molecule has 0 aliphatic heterocycles. The predicted octanol–water partition coefficient (Wildman–Crippen LogP) is -1.90. The van der Waals surface area contributed by atoms with Gasteiger partial charge >= 0.3 is 5.97 Å². The molecule has 4 unspecified atom stereocenters. The maximum atomic E-state index is 12.6. The van der Waals surface area contributed by atoms with Crippen molar-refractivity contribution >= 4 is 42.3 Å². The molecule has 34 heavy (non-hydrogen) atoms. The van der Waals surface area contributed by atoms with Crippen LogP contribution in [0.15, 0.2) is 35.3 Å². The Labute approximate surface area is 203 Å². The molecule has 0 saturated carbocycles.